The van der Waals surface area contributed by atoms with Crippen molar-refractivity contribution in [3.63, 3.8) is 0 Å². The maximum Gasteiger partial charge on any atom is 0.430 e. The smallest absolute Gasteiger partial charge is 0.351 e. The van der Waals surface area contributed by atoms with Gasteiger partial charge in [0.15, 0.2) is 0 Å². The number of amides is 1. The summed E-state index contributed by atoms with van der Waals surface area (Å²) in [7, 11) is 0. The molecule has 1 saturated heterocycles. The topological polar surface area (TPSA) is 62.8 Å². The van der Waals surface area contributed by atoms with Crippen molar-refractivity contribution < 1.29 is 14.5 Å². The lowest BCUT2D eigenvalue weighted by Crippen LogP contribution is -2.45. The standard InChI is InChI=1S/C25H31N3O3S/c1-24(2,3)19-10-8-18(9-11-19)22-17-25(31-27-22)12-14-28(15-13-25)30-23(29)26-20-6-5-7-21(16-20)32-4/h5-11,16-17,27H,12-15H2,1-4H3,(H,26,29). The maximum atomic E-state index is 12.3. The van der Waals surface area contributed by atoms with Gasteiger partial charge in [-0.15, -0.1) is 16.8 Å². The van der Waals surface area contributed by atoms with Gasteiger partial charge in [0.2, 0.25) is 0 Å². The third kappa shape index (κ3) is 5.28. The molecule has 7 heteroatoms. The van der Waals surface area contributed by atoms with Crippen LogP contribution in [0.25, 0.3) is 5.70 Å². The molecular weight excluding hydrogens is 422 g/mol. The number of nitrogens with one attached hydrogen (secondary N) is 2. The second-order valence-electron chi connectivity index (χ2n) is 9.32. The quantitative estimate of drug-likeness (QED) is 0.589. The first-order valence-electron chi connectivity index (χ1n) is 10.9. The molecule has 4 rings (SSSR count). The summed E-state index contributed by atoms with van der Waals surface area (Å²) in [6.07, 6.45) is 5.17. The third-order valence-electron chi connectivity index (χ3n) is 5.93. The van der Waals surface area contributed by atoms with Crippen LogP contribution < -0.4 is 10.8 Å². The van der Waals surface area contributed by atoms with Crippen molar-refractivity contribution in [1.82, 2.24) is 10.5 Å². The van der Waals surface area contributed by atoms with Gasteiger partial charge >= 0.3 is 6.09 Å². The van der Waals surface area contributed by atoms with E-state index in [1.165, 1.54) is 5.56 Å². The molecule has 0 aliphatic carbocycles. The molecule has 0 unspecified atom stereocenters. The zero-order valence-electron chi connectivity index (χ0n) is 19.1. The molecule has 0 radical (unpaired) electrons. The average molecular weight is 454 g/mol. The monoisotopic (exact) mass is 453 g/mol. The Labute approximate surface area is 194 Å². The van der Waals surface area contributed by atoms with E-state index in [0.29, 0.717) is 13.1 Å². The highest BCUT2D eigenvalue weighted by Gasteiger charge is 2.39. The number of piperidine rings is 1. The van der Waals surface area contributed by atoms with Gasteiger partial charge in [-0.2, -0.15) is 0 Å². The summed E-state index contributed by atoms with van der Waals surface area (Å²) in [6.45, 7) is 7.85. The van der Waals surface area contributed by atoms with Gasteiger partial charge in [0.25, 0.3) is 0 Å². The molecule has 1 fully saturated rings. The largest absolute Gasteiger partial charge is 0.430 e. The van der Waals surface area contributed by atoms with Crippen LogP contribution in [0.15, 0.2) is 59.5 Å². The number of rotatable bonds is 4. The molecule has 6 nitrogen and oxygen atoms in total. The fraction of sp³-hybridized carbons (Fsp3) is 0.400. The third-order valence-corrected chi connectivity index (χ3v) is 6.66. The van der Waals surface area contributed by atoms with Crippen LogP contribution in [0.2, 0.25) is 0 Å². The summed E-state index contributed by atoms with van der Waals surface area (Å²) in [5, 5.41) is 4.50. The first kappa shape index (κ1) is 22.7. The van der Waals surface area contributed by atoms with E-state index in [2.05, 4.69) is 61.9 Å². The Balaban J connectivity index is 1.32. The lowest BCUT2D eigenvalue weighted by molar-refractivity contribution is -0.153. The van der Waals surface area contributed by atoms with Crippen LogP contribution in [0, 0.1) is 0 Å². The zero-order valence-corrected chi connectivity index (χ0v) is 19.9. The SMILES string of the molecule is CSc1cccc(NC(=O)ON2CCC3(C=C(c4ccc(C(C)(C)C)cc4)NO3)CC2)c1. The number of hydrogen-bond donors (Lipinski definition) is 2. The molecule has 32 heavy (non-hydrogen) atoms. The van der Waals surface area contributed by atoms with Crippen molar-refractivity contribution in [2.24, 2.45) is 0 Å². The summed E-state index contributed by atoms with van der Waals surface area (Å²) < 4.78 is 0. The van der Waals surface area contributed by atoms with Crippen molar-refractivity contribution in [3.8, 4) is 0 Å². The van der Waals surface area contributed by atoms with Gasteiger partial charge in [-0.05, 0) is 59.9 Å². The molecule has 0 bridgehead atoms. The van der Waals surface area contributed by atoms with E-state index in [9.17, 15) is 4.79 Å². The molecule has 0 aromatic heterocycles. The normalized spacial score (nSPS) is 18.2. The lowest BCUT2D eigenvalue weighted by atomic mass is 9.86. The highest BCUT2D eigenvalue weighted by molar-refractivity contribution is 7.98. The van der Waals surface area contributed by atoms with Crippen LogP contribution in [0.5, 0.6) is 0 Å². The minimum atomic E-state index is -0.472. The molecule has 0 atom stereocenters. The molecule has 2 aromatic rings. The van der Waals surface area contributed by atoms with Crippen molar-refractivity contribution in [2.45, 2.75) is 49.5 Å². The molecule has 0 saturated carbocycles. The first-order chi connectivity index (χ1) is 15.3. The Morgan fingerprint density at radius 2 is 1.88 bits per heavy atom. The number of hydrogen-bond acceptors (Lipinski definition) is 6. The molecule has 2 heterocycles. The second kappa shape index (κ2) is 9.17. The van der Waals surface area contributed by atoms with E-state index in [1.54, 1.807) is 16.8 Å². The van der Waals surface area contributed by atoms with E-state index in [4.69, 9.17) is 9.68 Å². The molecule has 2 aromatic carbocycles. The molecule has 2 N–H and O–H groups in total. The minimum Gasteiger partial charge on any atom is -0.351 e. The van der Waals surface area contributed by atoms with Gasteiger partial charge in [-0.3, -0.25) is 15.6 Å². The average Bonchev–Trinajstić information content (AvgIpc) is 3.19. The van der Waals surface area contributed by atoms with E-state index in [1.807, 2.05) is 30.5 Å². The number of carbonyl (C=O) groups excluding carboxylic acids is 1. The number of benzene rings is 2. The Bertz CT molecular complexity index is 990. The fourth-order valence-electron chi connectivity index (χ4n) is 3.93. The van der Waals surface area contributed by atoms with Crippen LogP contribution in [0.1, 0.15) is 44.7 Å². The molecule has 1 amide bonds. The van der Waals surface area contributed by atoms with Crippen LogP contribution in [0.4, 0.5) is 10.5 Å². The van der Waals surface area contributed by atoms with Gasteiger partial charge in [0.1, 0.15) is 5.60 Å². The fourth-order valence-corrected chi connectivity index (χ4v) is 4.39. The Morgan fingerprint density at radius 1 is 1.16 bits per heavy atom. The highest BCUT2D eigenvalue weighted by Crippen LogP contribution is 2.35. The Morgan fingerprint density at radius 3 is 2.53 bits per heavy atom. The van der Waals surface area contributed by atoms with Gasteiger partial charge in [0.05, 0.1) is 5.70 Å². The number of carbonyl (C=O) groups is 1. The Kier molecular flexibility index (Phi) is 6.51. The number of nitrogens with zero attached hydrogens (tertiary/aromatic N) is 1. The van der Waals surface area contributed by atoms with E-state index < -0.39 is 6.09 Å². The van der Waals surface area contributed by atoms with Crippen molar-refractivity contribution in [3.05, 3.63) is 65.7 Å². The second-order valence-corrected chi connectivity index (χ2v) is 10.2. The molecule has 2 aliphatic rings. The summed E-state index contributed by atoms with van der Waals surface area (Å²) >= 11 is 1.63. The zero-order chi connectivity index (χ0) is 22.8. The molecule has 2 aliphatic heterocycles. The van der Waals surface area contributed by atoms with Crippen molar-refractivity contribution in [1.29, 1.82) is 0 Å². The van der Waals surface area contributed by atoms with E-state index in [-0.39, 0.29) is 11.0 Å². The first-order valence-corrected chi connectivity index (χ1v) is 12.1. The highest BCUT2D eigenvalue weighted by atomic mass is 32.2. The minimum absolute atomic E-state index is 0.130. The van der Waals surface area contributed by atoms with Gasteiger partial charge in [-0.1, -0.05) is 51.1 Å². The summed E-state index contributed by atoms with van der Waals surface area (Å²) in [4.78, 5) is 24.9. The van der Waals surface area contributed by atoms with E-state index in [0.717, 1.165) is 34.7 Å². The molecular formula is C25H31N3O3S. The molecule has 1 spiro atoms. The number of anilines is 1. The summed E-state index contributed by atoms with van der Waals surface area (Å²) in [5.41, 5.74) is 7.00. The van der Waals surface area contributed by atoms with Crippen LogP contribution in [0.3, 0.4) is 0 Å². The van der Waals surface area contributed by atoms with Crippen molar-refractivity contribution in [2.75, 3.05) is 24.7 Å². The Hall–Kier alpha value is -2.48. The van der Waals surface area contributed by atoms with Crippen LogP contribution >= 0.6 is 11.8 Å². The van der Waals surface area contributed by atoms with Crippen molar-refractivity contribution >= 4 is 29.2 Å². The predicted octanol–water partition coefficient (Wildman–Crippen LogP) is 5.58. The summed E-state index contributed by atoms with van der Waals surface area (Å²) in [5.74, 6) is 0. The van der Waals surface area contributed by atoms with Crippen LogP contribution in [-0.4, -0.2) is 36.1 Å². The maximum absolute atomic E-state index is 12.3. The molecule has 170 valence electrons. The summed E-state index contributed by atoms with van der Waals surface area (Å²) in [6, 6.07) is 16.3. The van der Waals surface area contributed by atoms with Gasteiger partial charge < -0.3 is 4.84 Å². The predicted molar refractivity (Wildman–Crippen MR) is 129 cm³/mol. The van der Waals surface area contributed by atoms with Gasteiger partial charge in [0, 0.05) is 23.7 Å². The van der Waals surface area contributed by atoms with E-state index >= 15 is 0 Å². The lowest BCUT2D eigenvalue weighted by Gasteiger charge is -2.35. The van der Waals surface area contributed by atoms with Crippen LogP contribution in [-0.2, 0) is 15.1 Å². The van der Waals surface area contributed by atoms with Gasteiger partial charge in [-0.25, -0.2) is 4.79 Å². The number of thioether (sulfide) groups is 1. The number of hydroxylamine groups is 3.